The second-order valence-corrected chi connectivity index (χ2v) is 7.41. The lowest BCUT2D eigenvalue weighted by atomic mass is 10.1. The van der Waals surface area contributed by atoms with E-state index in [4.69, 9.17) is 0 Å². The highest BCUT2D eigenvalue weighted by Crippen LogP contribution is 2.33. The smallest absolute Gasteiger partial charge is 0.332 e. The van der Waals surface area contributed by atoms with Crippen LogP contribution in [0.15, 0.2) is 47.2 Å². The predicted octanol–water partition coefficient (Wildman–Crippen LogP) is 5.55. The normalized spacial score (nSPS) is 11.5. The molecular weight excluding hydrogens is 381 g/mol. The highest BCUT2D eigenvalue weighted by Gasteiger charge is 2.30. The summed E-state index contributed by atoms with van der Waals surface area (Å²) in [7, 11) is 0. The van der Waals surface area contributed by atoms with Gasteiger partial charge in [0.2, 0.25) is 0 Å². The van der Waals surface area contributed by atoms with Crippen LogP contribution in [0.25, 0.3) is 10.6 Å². The largest absolute Gasteiger partial charge is 0.416 e. The summed E-state index contributed by atoms with van der Waals surface area (Å²) in [6, 6.07) is 8.85. The van der Waals surface area contributed by atoms with E-state index in [0.29, 0.717) is 23.7 Å². The molecule has 0 aliphatic rings. The molecule has 3 rings (SSSR count). The van der Waals surface area contributed by atoms with Gasteiger partial charge >= 0.3 is 6.18 Å². The number of carbonyl (C=O) groups is 1. The minimum Gasteiger partial charge on any atom is -0.332 e. The second-order valence-electron chi connectivity index (χ2n) is 5.52. The molecule has 1 amide bonds. The van der Waals surface area contributed by atoms with Gasteiger partial charge in [0.15, 0.2) is 0 Å². The third-order valence-electron chi connectivity index (χ3n) is 3.76. The Morgan fingerprint density at radius 3 is 2.65 bits per heavy atom. The Bertz CT molecular complexity index is 888. The minimum atomic E-state index is -4.41. The zero-order valence-electron chi connectivity index (χ0n) is 13.8. The molecule has 3 nitrogen and oxygen atoms in total. The topological polar surface area (TPSA) is 33.2 Å². The van der Waals surface area contributed by atoms with Crippen LogP contribution in [0.3, 0.4) is 0 Å². The van der Waals surface area contributed by atoms with E-state index in [-0.39, 0.29) is 11.6 Å². The number of carbonyl (C=O) groups excluding carboxylic acids is 1. The van der Waals surface area contributed by atoms with Crippen molar-refractivity contribution >= 4 is 28.6 Å². The third kappa shape index (κ3) is 4.13. The first-order valence-corrected chi connectivity index (χ1v) is 9.59. The molecule has 1 aromatic carbocycles. The summed E-state index contributed by atoms with van der Waals surface area (Å²) >= 11 is 2.73. The summed E-state index contributed by atoms with van der Waals surface area (Å²) in [5.74, 6) is -0.227. The summed E-state index contributed by atoms with van der Waals surface area (Å²) < 4.78 is 38.6. The van der Waals surface area contributed by atoms with Crippen LogP contribution in [0.1, 0.15) is 27.9 Å². The molecular formula is C18H15F3N2OS2. The van der Waals surface area contributed by atoms with Gasteiger partial charge in [0.05, 0.1) is 12.1 Å². The molecule has 8 heteroatoms. The highest BCUT2D eigenvalue weighted by atomic mass is 32.1. The maximum atomic E-state index is 12.9. The monoisotopic (exact) mass is 396 g/mol. The van der Waals surface area contributed by atoms with E-state index in [1.54, 1.807) is 27.7 Å². The summed E-state index contributed by atoms with van der Waals surface area (Å²) in [6.07, 6.45) is -4.41. The molecule has 0 N–H and O–H groups in total. The summed E-state index contributed by atoms with van der Waals surface area (Å²) in [5, 5.41) is 3.93. The van der Waals surface area contributed by atoms with Crippen molar-refractivity contribution in [1.29, 1.82) is 0 Å². The number of rotatable bonds is 5. The molecule has 0 atom stereocenters. The average Bonchev–Trinajstić information content (AvgIpc) is 3.30. The Morgan fingerprint density at radius 1 is 1.19 bits per heavy atom. The van der Waals surface area contributed by atoms with E-state index < -0.39 is 11.7 Å². The number of hydrogen-bond donors (Lipinski definition) is 0. The molecule has 0 aliphatic heterocycles. The Balaban J connectivity index is 1.82. The minimum absolute atomic E-state index is 0.227. The first kappa shape index (κ1) is 18.6. The van der Waals surface area contributed by atoms with Gasteiger partial charge in [-0.1, -0.05) is 18.2 Å². The van der Waals surface area contributed by atoms with Crippen LogP contribution < -0.4 is 0 Å². The fourth-order valence-corrected chi connectivity index (χ4v) is 3.92. The zero-order valence-corrected chi connectivity index (χ0v) is 15.4. The highest BCUT2D eigenvalue weighted by molar-refractivity contribution is 7.13. The maximum Gasteiger partial charge on any atom is 0.416 e. The van der Waals surface area contributed by atoms with Gasteiger partial charge in [-0.3, -0.25) is 4.79 Å². The summed E-state index contributed by atoms with van der Waals surface area (Å²) in [4.78, 5) is 19.7. The van der Waals surface area contributed by atoms with Crippen molar-refractivity contribution in [3.63, 3.8) is 0 Å². The Hall–Kier alpha value is -2.19. The van der Waals surface area contributed by atoms with Gasteiger partial charge in [0, 0.05) is 22.4 Å². The number of nitrogens with zero attached hydrogens (tertiary/aromatic N) is 2. The molecule has 0 bridgehead atoms. The summed E-state index contributed by atoms with van der Waals surface area (Å²) in [5.41, 5.74) is -0.128. The van der Waals surface area contributed by atoms with Crippen LogP contribution in [0, 0.1) is 0 Å². The van der Waals surface area contributed by atoms with E-state index in [9.17, 15) is 18.0 Å². The number of alkyl halides is 3. The van der Waals surface area contributed by atoms with Crippen molar-refractivity contribution in [3.05, 3.63) is 63.3 Å². The fraction of sp³-hybridized carbons (Fsp3) is 0.222. The van der Waals surface area contributed by atoms with Crippen LogP contribution in [0.4, 0.5) is 13.2 Å². The molecule has 0 fully saturated rings. The van der Waals surface area contributed by atoms with E-state index in [1.807, 2.05) is 24.4 Å². The molecule has 26 heavy (non-hydrogen) atoms. The van der Waals surface area contributed by atoms with Gasteiger partial charge in [-0.2, -0.15) is 13.2 Å². The molecule has 136 valence electrons. The molecule has 0 spiro atoms. The SMILES string of the molecule is CCN(Cc1cccs1)C(=O)c1csc(-c2cccc(C(F)(F)F)c2)n1. The lowest BCUT2D eigenvalue weighted by Crippen LogP contribution is -2.30. The predicted molar refractivity (Wildman–Crippen MR) is 97.3 cm³/mol. The molecule has 0 saturated heterocycles. The molecule has 0 saturated carbocycles. The maximum absolute atomic E-state index is 12.9. The lowest BCUT2D eigenvalue weighted by molar-refractivity contribution is -0.137. The van der Waals surface area contributed by atoms with Crippen molar-refractivity contribution in [3.8, 4) is 10.6 Å². The van der Waals surface area contributed by atoms with Crippen LogP contribution >= 0.6 is 22.7 Å². The Morgan fingerprint density at radius 2 is 2.00 bits per heavy atom. The number of thiophene rings is 1. The quantitative estimate of drug-likeness (QED) is 0.566. The number of benzene rings is 1. The number of amides is 1. The van der Waals surface area contributed by atoms with E-state index in [1.165, 1.54) is 6.07 Å². The van der Waals surface area contributed by atoms with Gasteiger partial charge in [-0.25, -0.2) is 4.98 Å². The molecule has 0 radical (unpaired) electrons. The second kappa shape index (κ2) is 7.59. The van der Waals surface area contributed by atoms with Crippen LogP contribution in [-0.4, -0.2) is 22.3 Å². The summed E-state index contributed by atoms with van der Waals surface area (Å²) in [6.45, 7) is 2.89. The molecule has 0 unspecified atom stereocenters. The van der Waals surface area contributed by atoms with Crippen LogP contribution in [0.2, 0.25) is 0 Å². The molecule has 2 aromatic heterocycles. The number of thiazole rings is 1. The molecule has 2 heterocycles. The fourth-order valence-electron chi connectivity index (χ4n) is 2.41. The Kier molecular flexibility index (Phi) is 5.43. The van der Waals surface area contributed by atoms with Gasteiger partial charge < -0.3 is 4.90 Å². The van der Waals surface area contributed by atoms with Crippen molar-refractivity contribution < 1.29 is 18.0 Å². The molecule has 0 aliphatic carbocycles. The Labute approximate surface area is 156 Å². The first-order chi connectivity index (χ1) is 12.4. The number of halogens is 3. The van der Waals surface area contributed by atoms with Crippen molar-refractivity contribution in [2.45, 2.75) is 19.6 Å². The van der Waals surface area contributed by atoms with Crippen molar-refractivity contribution in [2.24, 2.45) is 0 Å². The van der Waals surface area contributed by atoms with Crippen molar-refractivity contribution in [1.82, 2.24) is 9.88 Å². The van der Waals surface area contributed by atoms with Gasteiger partial charge in [0.1, 0.15) is 10.7 Å². The standard InChI is InChI=1S/C18H15F3N2OS2/c1-2-23(10-14-7-4-8-25-14)17(24)15-11-26-16(22-15)12-5-3-6-13(9-12)18(19,20)21/h3-9,11H,2,10H2,1H3. The van der Waals surface area contributed by atoms with Crippen LogP contribution in [0.5, 0.6) is 0 Å². The van der Waals surface area contributed by atoms with Gasteiger partial charge in [-0.05, 0) is 30.5 Å². The number of hydrogen-bond acceptors (Lipinski definition) is 4. The van der Waals surface area contributed by atoms with Crippen LogP contribution in [-0.2, 0) is 12.7 Å². The van der Waals surface area contributed by atoms with E-state index >= 15 is 0 Å². The zero-order chi connectivity index (χ0) is 18.7. The van der Waals surface area contributed by atoms with Crippen molar-refractivity contribution in [2.75, 3.05) is 6.54 Å². The lowest BCUT2D eigenvalue weighted by Gasteiger charge is -2.18. The number of aromatic nitrogens is 1. The van der Waals surface area contributed by atoms with E-state index in [2.05, 4.69) is 4.98 Å². The first-order valence-electron chi connectivity index (χ1n) is 7.83. The van der Waals surface area contributed by atoms with Gasteiger partial charge in [-0.15, -0.1) is 22.7 Å². The van der Waals surface area contributed by atoms with E-state index in [0.717, 1.165) is 28.3 Å². The average molecular weight is 396 g/mol. The molecule has 3 aromatic rings. The third-order valence-corrected chi connectivity index (χ3v) is 5.51. The van der Waals surface area contributed by atoms with Gasteiger partial charge in [0.25, 0.3) is 5.91 Å².